The van der Waals surface area contributed by atoms with E-state index in [4.69, 9.17) is 33.0 Å². The molecular weight excluding hydrogens is 432 g/mol. The summed E-state index contributed by atoms with van der Waals surface area (Å²) in [5.41, 5.74) is 3.79. The third-order valence-corrected chi connectivity index (χ3v) is 9.16. The minimum atomic E-state index is -2.22. The van der Waals surface area contributed by atoms with E-state index in [9.17, 15) is 0 Å². The van der Waals surface area contributed by atoms with Crippen LogP contribution < -0.4 is 10.6 Å². The first kappa shape index (κ1) is 20.9. The summed E-state index contributed by atoms with van der Waals surface area (Å²) in [5, 5.41) is 8.41. The SMILES string of the molecule is Cc1nn(-c2ccccc2)c(C)c1P(C)(=Nc1cc(Cl)ccc1Cl)c1ccccc1. The summed E-state index contributed by atoms with van der Waals surface area (Å²) in [5.74, 6) is 0. The van der Waals surface area contributed by atoms with Crippen molar-refractivity contribution in [2.45, 2.75) is 13.8 Å². The Labute approximate surface area is 187 Å². The lowest BCUT2D eigenvalue weighted by atomic mass is 10.3. The molecule has 1 aromatic heterocycles. The Morgan fingerprint density at radius 3 is 2.17 bits per heavy atom. The second kappa shape index (κ2) is 8.43. The van der Waals surface area contributed by atoms with Crippen molar-refractivity contribution in [3.63, 3.8) is 0 Å². The predicted octanol–water partition coefficient (Wildman–Crippen LogP) is 6.91. The van der Waals surface area contributed by atoms with Crippen LogP contribution >= 0.6 is 30.3 Å². The van der Waals surface area contributed by atoms with Crippen molar-refractivity contribution >= 4 is 46.6 Å². The lowest BCUT2D eigenvalue weighted by molar-refractivity contribution is 0.834. The van der Waals surface area contributed by atoms with Crippen molar-refractivity contribution < 1.29 is 0 Å². The van der Waals surface area contributed by atoms with Crippen molar-refractivity contribution in [2.24, 2.45) is 4.74 Å². The monoisotopic (exact) mass is 453 g/mol. The summed E-state index contributed by atoms with van der Waals surface area (Å²) in [6.45, 7) is 6.38. The Morgan fingerprint density at radius 2 is 1.50 bits per heavy atom. The fraction of sp³-hybridized carbons (Fsp3) is 0.125. The van der Waals surface area contributed by atoms with Gasteiger partial charge in [0.2, 0.25) is 0 Å². The smallest absolute Gasteiger partial charge is 0.0822 e. The van der Waals surface area contributed by atoms with Crippen molar-refractivity contribution in [3.05, 3.63) is 100 Å². The number of rotatable bonds is 4. The van der Waals surface area contributed by atoms with E-state index in [0.29, 0.717) is 15.7 Å². The van der Waals surface area contributed by atoms with Gasteiger partial charge in [0.25, 0.3) is 0 Å². The Morgan fingerprint density at radius 1 is 0.867 bits per heavy atom. The average molecular weight is 454 g/mol. The maximum absolute atomic E-state index is 6.50. The first-order chi connectivity index (χ1) is 14.4. The van der Waals surface area contributed by atoms with E-state index in [-0.39, 0.29) is 0 Å². The van der Waals surface area contributed by atoms with Gasteiger partial charge in [0.05, 0.1) is 27.8 Å². The molecule has 4 rings (SSSR count). The van der Waals surface area contributed by atoms with Gasteiger partial charge >= 0.3 is 0 Å². The van der Waals surface area contributed by atoms with Gasteiger partial charge in [0, 0.05) is 17.4 Å². The van der Waals surface area contributed by atoms with Gasteiger partial charge in [0.1, 0.15) is 0 Å². The summed E-state index contributed by atoms with van der Waals surface area (Å²) in [7, 11) is -2.22. The van der Waals surface area contributed by atoms with E-state index in [1.807, 2.05) is 35.0 Å². The van der Waals surface area contributed by atoms with Crippen LogP contribution in [0.15, 0.2) is 83.6 Å². The first-order valence-electron chi connectivity index (χ1n) is 9.63. The third-order valence-electron chi connectivity index (χ3n) is 5.16. The van der Waals surface area contributed by atoms with Crippen LogP contribution in [0, 0.1) is 13.8 Å². The van der Waals surface area contributed by atoms with Gasteiger partial charge in [-0.05, 0) is 56.1 Å². The van der Waals surface area contributed by atoms with Crippen molar-refractivity contribution in [3.8, 4) is 5.69 Å². The largest absolute Gasteiger partial charge is 0.257 e. The molecule has 6 heteroatoms. The molecule has 1 atom stereocenters. The van der Waals surface area contributed by atoms with E-state index in [0.717, 1.165) is 22.4 Å². The van der Waals surface area contributed by atoms with Gasteiger partial charge in [-0.25, -0.2) is 4.68 Å². The summed E-state index contributed by atoms with van der Waals surface area (Å²) in [6, 6.07) is 26.0. The molecule has 4 aromatic rings. The molecule has 0 fully saturated rings. The minimum absolute atomic E-state index is 0.590. The van der Waals surface area contributed by atoms with E-state index in [1.165, 1.54) is 5.30 Å². The number of nitrogens with zero attached hydrogens (tertiary/aromatic N) is 3. The third kappa shape index (κ3) is 3.86. The lowest BCUT2D eigenvalue weighted by Gasteiger charge is -2.22. The number of benzene rings is 3. The van der Waals surface area contributed by atoms with Crippen LogP contribution in [0.3, 0.4) is 0 Å². The Kier molecular flexibility index (Phi) is 5.88. The molecule has 0 radical (unpaired) electrons. The van der Waals surface area contributed by atoms with Gasteiger partial charge in [-0.3, -0.25) is 4.74 Å². The zero-order valence-electron chi connectivity index (χ0n) is 17.1. The Bertz CT molecular complexity index is 1250. The van der Waals surface area contributed by atoms with Crippen LogP contribution in [0.5, 0.6) is 0 Å². The molecule has 0 aliphatic heterocycles. The molecule has 0 aliphatic carbocycles. The number of para-hydroxylation sites is 1. The minimum Gasteiger partial charge on any atom is -0.257 e. The number of halogens is 2. The summed E-state index contributed by atoms with van der Waals surface area (Å²) >= 11 is 12.8. The summed E-state index contributed by atoms with van der Waals surface area (Å²) in [6.07, 6.45) is 0. The summed E-state index contributed by atoms with van der Waals surface area (Å²) in [4.78, 5) is 0. The molecule has 30 heavy (non-hydrogen) atoms. The van der Waals surface area contributed by atoms with Crippen LogP contribution in [0.2, 0.25) is 10.0 Å². The molecule has 3 aromatic carbocycles. The van der Waals surface area contributed by atoms with Crippen LogP contribution in [0.4, 0.5) is 5.69 Å². The van der Waals surface area contributed by atoms with Crippen molar-refractivity contribution in [2.75, 3.05) is 6.66 Å². The molecule has 0 spiro atoms. The zero-order valence-corrected chi connectivity index (χ0v) is 19.5. The quantitative estimate of drug-likeness (QED) is 0.308. The van der Waals surface area contributed by atoms with Gasteiger partial charge < -0.3 is 0 Å². The fourth-order valence-corrected chi connectivity index (χ4v) is 7.43. The molecule has 152 valence electrons. The highest BCUT2D eigenvalue weighted by Gasteiger charge is 2.28. The number of hydrogen-bond acceptors (Lipinski definition) is 2. The van der Waals surface area contributed by atoms with E-state index in [1.54, 1.807) is 12.1 Å². The Balaban J connectivity index is 2.03. The highest BCUT2D eigenvalue weighted by Crippen LogP contribution is 2.49. The average Bonchev–Trinajstić information content (AvgIpc) is 3.06. The highest BCUT2D eigenvalue weighted by molar-refractivity contribution is 7.80. The van der Waals surface area contributed by atoms with Crippen molar-refractivity contribution in [1.82, 2.24) is 9.78 Å². The molecule has 0 aliphatic rings. The van der Waals surface area contributed by atoms with Gasteiger partial charge in [-0.15, -0.1) is 0 Å². The maximum atomic E-state index is 6.50. The molecule has 3 nitrogen and oxygen atoms in total. The second-order valence-corrected chi connectivity index (χ2v) is 11.2. The molecular formula is C24H22Cl2N3P. The normalized spacial score (nSPS) is 13.1. The first-order valence-corrected chi connectivity index (χ1v) is 12.6. The predicted molar refractivity (Wildman–Crippen MR) is 130 cm³/mol. The van der Waals surface area contributed by atoms with Crippen molar-refractivity contribution in [1.29, 1.82) is 0 Å². The lowest BCUT2D eigenvalue weighted by Crippen LogP contribution is -2.19. The molecule has 1 heterocycles. The van der Waals surface area contributed by atoms with Gasteiger partial charge in [-0.1, -0.05) is 71.7 Å². The second-order valence-electron chi connectivity index (χ2n) is 7.26. The molecule has 0 saturated carbocycles. The molecule has 1 unspecified atom stereocenters. The van der Waals surface area contributed by atoms with E-state index in [2.05, 4.69) is 56.9 Å². The zero-order chi connectivity index (χ0) is 21.3. The van der Waals surface area contributed by atoms with Crippen LogP contribution in [0.25, 0.3) is 5.69 Å². The highest BCUT2D eigenvalue weighted by atomic mass is 35.5. The molecule has 0 amide bonds. The number of aryl methyl sites for hydroxylation is 1. The fourth-order valence-electron chi connectivity index (χ4n) is 3.82. The maximum Gasteiger partial charge on any atom is 0.0822 e. The van der Waals surface area contributed by atoms with Crippen LogP contribution in [-0.4, -0.2) is 16.4 Å². The number of hydrogen-bond donors (Lipinski definition) is 0. The summed E-state index contributed by atoms with van der Waals surface area (Å²) < 4.78 is 7.26. The number of aromatic nitrogens is 2. The van der Waals surface area contributed by atoms with E-state index < -0.39 is 7.05 Å². The van der Waals surface area contributed by atoms with E-state index >= 15 is 0 Å². The van der Waals surface area contributed by atoms with Gasteiger partial charge in [0.15, 0.2) is 0 Å². The molecule has 0 N–H and O–H groups in total. The standard InChI is InChI=1S/C24H22Cl2N3P/c1-17-24(18(2)29(27-17)20-10-6-4-7-11-20)30(3,21-12-8-5-9-13-21)28-23-16-19(25)14-15-22(23)26/h4-16H,1-3H3. The topological polar surface area (TPSA) is 30.2 Å². The molecule has 0 saturated heterocycles. The van der Waals surface area contributed by atoms with Crippen LogP contribution in [0.1, 0.15) is 11.4 Å². The van der Waals surface area contributed by atoms with Gasteiger partial charge in [-0.2, -0.15) is 5.10 Å². The Hall–Kier alpha value is -2.32. The van der Waals surface area contributed by atoms with Crippen LogP contribution in [-0.2, 0) is 0 Å². The molecule has 0 bridgehead atoms.